The molecule has 1 N–H and O–H groups in total. The minimum absolute atomic E-state index is 0.471. The summed E-state index contributed by atoms with van der Waals surface area (Å²) in [4.78, 5) is 6.79. The lowest BCUT2D eigenvalue weighted by Gasteiger charge is -2.20. The Bertz CT molecular complexity index is 516. The Labute approximate surface area is 121 Å². The monoisotopic (exact) mass is 274 g/mol. The molecule has 0 spiro atoms. The normalized spacial score (nSPS) is 13.0. The van der Waals surface area contributed by atoms with Crippen molar-refractivity contribution in [3.63, 3.8) is 0 Å². The highest BCUT2D eigenvalue weighted by Gasteiger charge is 2.06. The van der Waals surface area contributed by atoms with Gasteiger partial charge in [-0.05, 0) is 51.5 Å². The number of imidazole rings is 1. The third-order valence-corrected chi connectivity index (χ3v) is 3.83. The Balaban J connectivity index is 1.85. The molecule has 2 aromatic heterocycles. The molecule has 4 heteroatoms. The Morgan fingerprint density at radius 3 is 2.85 bits per heavy atom. The maximum atomic E-state index is 4.31. The Kier molecular flexibility index (Phi) is 5.41. The van der Waals surface area contributed by atoms with Crippen LogP contribution in [-0.4, -0.2) is 40.0 Å². The van der Waals surface area contributed by atoms with Crippen LogP contribution in [0.5, 0.6) is 0 Å². The van der Waals surface area contributed by atoms with Gasteiger partial charge in [0.2, 0.25) is 0 Å². The van der Waals surface area contributed by atoms with Gasteiger partial charge < -0.3 is 10.2 Å². The highest BCUT2D eigenvalue weighted by atomic mass is 15.1. The average Bonchev–Trinajstić information content (AvgIpc) is 2.93. The van der Waals surface area contributed by atoms with Gasteiger partial charge in [0.25, 0.3) is 0 Å². The lowest BCUT2D eigenvalue weighted by Crippen LogP contribution is -2.25. The molecule has 0 fully saturated rings. The predicted octanol–water partition coefficient (Wildman–Crippen LogP) is 3.26. The van der Waals surface area contributed by atoms with Gasteiger partial charge in [-0.15, -0.1) is 0 Å². The van der Waals surface area contributed by atoms with Gasteiger partial charge in [-0.1, -0.05) is 19.9 Å². The molecule has 2 rings (SSSR count). The lowest BCUT2D eigenvalue weighted by molar-refractivity contribution is 0.295. The average molecular weight is 274 g/mol. The fourth-order valence-electron chi connectivity index (χ4n) is 2.55. The van der Waals surface area contributed by atoms with E-state index in [1.165, 1.54) is 19.4 Å². The van der Waals surface area contributed by atoms with Crippen molar-refractivity contribution in [2.24, 2.45) is 0 Å². The Hall–Kier alpha value is -1.55. The van der Waals surface area contributed by atoms with Crippen LogP contribution in [0.25, 0.3) is 5.65 Å². The molecular weight excluding hydrogens is 248 g/mol. The van der Waals surface area contributed by atoms with E-state index in [0.717, 1.165) is 24.6 Å². The first-order chi connectivity index (χ1) is 9.74. The van der Waals surface area contributed by atoms with Crippen LogP contribution in [0.1, 0.15) is 33.6 Å². The molecule has 0 saturated heterocycles. The molecule has 2 heterocycles. The van der Waals surface area contributed by atoms with E-state index < -0.39 is 0 Å². The van der Waals surface area contributed by atoms with Crippen molar-refractivity contribution in [3.8, 4) is 0 Å². The second-order valence-corrected chi connectivity index (χ2v) is 5.28. The van der Waals surface area contributed by atoms with Crippen molar-refractivity contribution < 1.29 is 0 Å². The van der Waals surface area contributed by atoms with Crippen molar-refractivity contribution >= 4 is 11.5 Å². The van der Waals surface area contributed by atoms with Gasteiger partial charge in [-0.2, -0.15) is 0 Å². The first-order valence-corrected chi connectivity index (χ1v) is 7.65. The van der Waals surface area contributed by atoms with Gasteiger partial charge in [0.05, 0.1) is 0 Å². The summed E-state index contributed by atoms with van der Waals surface area (Å²) in [6.07, 6.45) is 6.25. The van der Waals surface area contributed by atoms with E-state index in [9.17, 15) is 0 Å². The zero-order valence-electron chi connectivity index (χ0n) is 12.8. The third kappa shape index (κ3) is 3.73. The molecule has 20 heavy (non-hydrogen) atoms. The summed E-state index contributed by atoms with van der Waals surface area (Å²) in [6, 6.07) is 6.65. The van der Waals surface area contributed by atoms with Crippen LogP contribution in [0.4, 0.5) is 5.82 Å². The number of rotatable bonds is 8. The molecule has 0 aliphatic carbocycles. The van der Waals surface area contributed by atoms with Gasteiger partial charge in [0.1, 0.15) is 11.5 Å². The topological polar surface area (TPSA) is 32.6 Å². The van der Waals surface area contributed by atoms with Crippen LogP contribution in [-0.2, 0) is 0 Å². The Morgan fingerprint density at radius 2 is 2.10 bits per heavy atom. The fourth-order valence-corrected chi connectivity index (χ4v) is 2.55. The standard InChI is InChI=1S/C16H26N4/c1-4-19(5-2)12-7-8-14(3)18-16-10-6-9-15-17-11-13-20(15)16/h6,9-11,13-14,18H,4-5,7-8,12H2,1-3H3. The third-order valence-electron chi connectivity index (χ3n) is 3.83. The van der Waals surface area contributed by atoms with E-state index in [1.807, 2.05) is 24.5 Å². The van der Waals surface area contributed by atoms with E-state index in [1.54, 1.807) is 0 Å². The predicted molar refractivity (Wildman–Crippen MR) is 85.3 cm³/mol. The number of nitrogens with one attached hydrogen (secondary N) is 1. The molecular formula is C16H26N4. The summed E-state index contributed by atoms with van der Waals surface area (Å²) in [5.41, 5.74) is 0.991. The van der Waals surface area contributed by atoms with Crippen LogP contribution in [0.3, 0.4) is 0 Å². The van der Waals surface area contributed by atoms with E-state index in [-0.39, 0.29) is 0 Å². The zero-order valence-corrected chi connectivity index (χ0v) is 12.8. The molecule has 2 aromatic rings. The highest BCUT2D eigenvalue weighted by Crippen LogP contribution is 2.13. The van der Waals surface area contributed by atoms with E-state index in [4.69, 9.17) is 0 Å². The van der Waals surface area contributed by atoms with E-state index in [0.29, 0.717) is 6.04 Å². The summed E-state index contributed by atoms with van der Waals surface area (Å²) in [5.74, 6) is 1.12. The molecule has 0 saturated carbocycles. The number of anilines is 1. The zero-order chi connectivity index (χ0) is 14.4. The number of hydrogen-bond donors (Lipinski definition) is 1. The van der Waals surface area contributed by atoms with Crippen molar-refractivity contribution in [3.05, 3.63) is 30.6 Å². The van der Waals surface area contributed by atoms with Gasteiger partial charge >= 0.3 is 0 Å². The van der Waals surface area contributed by atoms with Crippen LogP contribution in [0, 0.1) is 0 Å². The van der Waals surface area contributed by atoms with Crippen molar-refractivity contribution in [2.75, 3.05) is 25.0 Å². The van der Waals surface area contributed by atoms with Crippen molar-refractivity contribution in [2.45, 2.75) is 39.7 Å². The van der Waals surface area contributed by atoms with Crippen LogP contribution >= 0.6 is 0 Å². The molecule has 0 bridgehead atoms. The fraction of sp³-hybridized carbons (Fsp3) is 0.562. The summed E-state index contributed by atoms with van der Waals surface area (Å²) < 4.78 is 2.10. The maximum absolute atomic E-state index is 4.31. The summed E-state index contributed by atoms with van der Waals surface area (Å²) >= 11 is 0. The van der Waals surface area contributed by atoms with Crippen molar-refractivity contribution in [1.82, 2.24) is 14.3 Å². The molecule has 0 aliphatic rings. The molecule has 4 nitrogen and oxygen atoms in total. The van der Waals surface area contributed by atoms with Gasteiger partial charge in [-0.25, -0.2) is 4.98 Å². The summed E-state index contributed by atoms with van der Waals surface area (Å²) in [5, 5.41) is 3.59. The number of nitrogens with zero attached hydrogens (tertiary/aromatic N) is 3. The number of aromatic nitrogens is 2. The SMILES string of the molecule is CCN(CC)CCCC(C)Nc1cccc2nccn12. The van der Waals surface area contributed by atoms with E-state index in [2.05, 4.69) is 46.4 Å². The van der Waals surface area contributed by atoms with Gasteiger partial charge in [0.15, 0.2) is 0 Å². The largest absolute Gasteiger partial charge is 0.369 e. The molecule has 0 aromatic carbocycles. The van der Waals surface area contributed by atoms with Gasteiger partial charge in [-0.3, -0.25) is 4.40 Å². The molecule has 1 atom stereocenters. The smallest absolute Gasteiger partial charge is 0.138 e. The minimum Gasteiger partial charge on any atom is -0.369 e. The second-order valence-electron chi connectivity index (χ2n) is 5.28. The minimum atomic E-state index is 0.471. The van der Waals surface area contributed by atoms with Crippen LogP contribution in [0.2, 0.25) is 0 Å². The molecule has 110 valence electrons. The molecule has 0 radical (unpaired) electrons. The number of hydrogen-bond acceptors (Lipinski definition) is 3. The quantitative estimate of drug-likeness (QED) is 0.802. The Morgan fingerprint density at radius 1 is 1.30 bits per heavy atom. The number of pyridine rings is 1. The maximum Gasteiger partial charge on any atom is 0.138 e. The van der Waals surface area contributed by atoms with Crippen molar-refractivity contribution in [1.29, 1.82) is 0 Å². The highest BCUT2D eigenvalue weighted by molar-refractivity contribution is 5.50. The summed E-state index contributed by atoms with van der Waals surface area (Å²) in [6.45, 7) is 10.2. The van der Waals surface area contributed by atoms with Gasteiger partial charge in [0, 0.05) is 18.4 Å². The molecule has 1 unspecified atom stereocenters. The number of fused-ring (bicyclic) bond motifs is 1. The first-order valence-electron chi connectivity index (χ1n) is 7.65. The summed E-state index contributed by atoms with van der Waals surface area (Å²) in [7, 11) is 0. The first kappa shape index (κ1) is 14.9. The second kappa shape index (κ2) is 7.29. The van der Waals surface area contributed by atoms with E-state index >= 15 is 0 Å². The molecule has 0 aliphatic heterocycles. The lowest BCUT2D eigenvalue weighted by atomic mass is 10.1. The van der Waals surface area contributed by atoms with Crippen LogP contribution < -0.4 is 5.32 Å². The molecule has 0 amide bonds. The van der Waals surface area contributed by atoms with Crippen LogP contribution in [0.15, 0.2) is 30.6 Å².